The molecule has 8 heteroatoms. The van der Waals surface area contributed by atoms with E-state index in [1.54, 1.807) is 25.0 Å². The summed E-state index contributed by atoms with van der Waals surface area (Å²) in [6, 6.07) is 9.46. The Bertz CT molecular complexity index is 1010. The summed E-state index contributed by atoms with van der Waals surface area (Å²) in [5, 5.41) is 6.95. The zero-order valence-corrected chi connectivity index (χ0v) is 16.8. The van der Waals surface area contributed by atoms with E-state index in [1.165, 1.54) is 0 Å². The number of nitrogens with zero attached hydrogens (tertiary/aromatic N) is 2. The smallest absolute Gasteiger partial charge is 0.235 e. The van der Waals surface area contributed by atoms with Gasteiger partial charge in [-0.2, -0.15) is 0 Å². The standard InChI is InChI=1S/C22H23N3O5/c1-13-11-17(24-30-13)25-12-22-9-7-16(29-22)18(19(22)21(25)27)20(26)23-10-8-14-3-5-15(28-2)6-4-14/h3-7,9,11,16,18-19H,8,10,12H2,1-2H3,(H,23,26)/t16-,18+,19+,22-/m1/s1. The molecule has 2 saturated heterocycles. The SMILES string of the molecule is COc1ccc(CCNC(=O)[C@@H]2[C@H]3C(=O)N(c4cc(C)on4)C[C@]34C=C[C@H]2O4)cc1. The molecule has 0 aliphatic carbocycles. The van der Waals surface area contributed by atoms with Crippen molar-refractivity contribution in [1.29, 1.82) is 0 Å². The molecule has 3 aliphatic heterocycles. The van der Waals surface area contributed by atoms with Crippen molar-refractivity contribution in [2.75, 3.05) is 25.1 Å². The van der Waals surface area contributed by atoms with Crippen LogP contribution in [0.2, 0.25) is 0 Å². The molecule has 1 aromatic heterocycles. The molecule has 4 atom stereocenters. The lowest BCUT2D eigenvalue weighted by molar-refractivity contribution is -0.131. The third kappa shape index (κ3) is 2.90. The summed E-state index contributed by atoms with van der Waals surface area (Å²) in [7, 11) is 1.63. The van der Waals surface area contributed by atoms with Crippen molar-refractivity contribution in [1.82, 2.24) is 10.5 Å². The third-order valence-corrected chi connectivity index (χ3v) is 6.17. The second-order valence-corrected chi connectivity index (χ2v) is 8.01. The summed E-state index contributed by atoms with van der Waals surface area (Å²) >= 11 is 0. The van der Waals surface area contributed by atoms with Crippen LogP contribution in [0.1, 0.15) is 11.3 Å². The van der Waals surface area contributed by atoms with Gasteiger partial charge in [-0.25, -0.2) is 0 Å². The zero-order valence-electron chi connectivity index (χ0n) is 16.8. The minimum Gasteiger partial charge on any atom is -0.497 e. The van der Waals surface area contributed by atoms with Crippen molar-refractivity contribution >= 4 is 17.6 Å². The molecule has 0 radical (unpaired) electrons. The minimum atomic E-state index is -0.771. The third-order valence-electron chi connectivity index (χ3n) is 6.17. The van der Waals surface area contributed by atoms with Gasteiger partial charge in [-0.15, -0.1) is 0 Å². The molecular weight excluding hydrogens is 386 g/mol. The molecule has 2 bridgehead atoms. The maximum atomic E-state index is 13.2. The average molecular weight is 409 g/mol. The number of hydrogen-bond acceptors (Lipinski definition) is 6. The van der Waals surface area contributed by atoms with Crippen molar-refractivity contribution < 1.29 is 23.6 Å². The van der Waals surface area contributed by atoms with E-state index in [0.717, 1.165) is 11.3 Å². The van der Waals surface area contributed by atoms with Crippen LogP contribution in [-0.4, -0.2) is 48.9 Å². The van der Waals surface area contributed by atoms with Crippen molar-refractivity contribution in [3.05, 3.63) is 53.8 Å². The Morgan fingerprint density at radius 2 is 2.17 bits per heavy atom. The predicted molar refractivity (Wildman–Crippen MR) is 107 cm³/mol. The van der Waals surface area contributed by atoms with Gasteiger partial charge in [0.05, 0.1) is 31.6 Å². The van der Waals surface area contributed by atoms with E-state index in [-0.39, 0.29) is 17.9 Å². The summed E-state index contributed by atoms with van der Waals surface area (Å²) in [6.07, 6.45) is 4.14. The molecule has 2 aromatic rings. The Morgan fingerprint density at radius 3 is 2.87 bits per heavy atom. The van der Waals surface area contributed by atoms with Crippen LogP contribution in [0.4, 0.5) is 5.82 Å². The maximum Gasteiger partial charge on any atom is 0.235 e. The highest BCUT2D eigenvalue weighted by molar-refractivity contribution is 6.02. The summed E-state index contributed by atoms with van der Waals surface area (Å²) in [4.78, 5) is 27.8. The Hall–Kier alpha value is -3.13. The first-order chi connectivity index (χ1) is 14.5. The quantitative estimate of drug-likeness (QED) is 0.729. The van der Waals surface area contributed by atoms with Crippen LogP contribution >= 0.6 is 0 Å². The number of carbonyl (C=O) groups is 2. The van der Waals surface area contributed by atoms with Crippen LogP contribution in [0.5, 0.6) is 5.75 Å². The van der Waals surface area contributed by atoms with Gasteiger partial charge in [0.1, 0.15) is 17.1 Å². The summed E-state index contributed by atoms with van der Waals surface area (Å²) in [5.41, 5.74) is 0.327. The molecule has 1 aromatic carbocycles. The van der Waals surface area contributed by atoms with E-state index in [4.69, 9.17) is 14.0 Å². The maximum absolute atomic E-state index is 13.2. The van der Waals surface area contributed by atoms with Gasteiger partial charge in [-0.3, -0.25) is 14.5 Å². The Kier molecular flexibility index (Phi) is 4.39. The Balaban J connectivity index is 1.27. The lowest BCUT2D eigenvalue weighted by Crippen LogP contribution is -2.44. The lowest BCUT2D eigenvalue weighted by Gasteiger charge is -2.23. The number of nitrogens with one attached hydrogen (secondary N) is 1. The first kappa shape index (κ1) is 18.9. The van der Waals surface area contributed by atoms with Crippen LogP contribution in [-0.2, 0) is 20.7 Å². The largest absolute Gasteiger partial charge is 0.497 e. The number of hydrogen-bond donors (Lipinski definition) is 1. The van der Waals surface area contributed by atoms with E-state index in [1.807, 2.05) is 36.4 Å². The van der Waals surface area contributed by atoms with E-state index in [2.05, 4.69) is 10.5 Å². The normalized spacial score (nSPS) is 28.8. The van der Waals surface area contributed by atoms with Gasteiger partial charge in [0.15, 0.2) is 5.82 Å². The number of ether oxygens (including phenoxy) is 2. The highest BCUT2D eigenvalue weighted by atomic mass is 16.5. The van der Waals surface area contributed by atoms with Gasteiger partial charge in [-0.1, -0.05) is 29.4 Å². The molecule has 156 valence electrons. The number of aryl methyl sites for hydroxylation is 1. The molecule has 8 nitrogen and oxygen atoms in total. The molecule has 30 heavy (non-hydrogen) atoms. The van der Waals surface area contributed by atoms with Gasteiger partial charge < -0.3 is 19.3 Å². The zero-order chi connectivity index (χ0) is 20.9. The molecule has 1 spiro atoms. The highest BCUT2D eigenvalue weighted by Crippen LogP contribution is 2.52. The van der Waals surface area contributed by atoms with Crippen molar-refractivity contribution in [2.45, 2.75) is 25.0 Å². The number of carbonyl (C=O) groups excluding carboxylic acids is 2. The topological polar surface area (TPSA) is 93.9 Å². The first-order valence-corrected chi connectivity index (χ1v) is 10.0. The molecule has 0 saturated carbocycles. The first-order valence-electron chi connectivity index (χ1n) is 10.0. The fraction of sp³-hybridized carbons (Fsp3) is 0.409. The van der Waals surface area contributed by atoms with Crippen LogP contribution in [0.15, 0.2) is 47.0 Å². The molecule has 3 aliphatic rings. The van der Waals surface area contributed by atoms with E-state index in [0.29, 0.717) is 31.1 Å². The summed E-state index contributed by atoms with van der Waals surface area (Å²) < 4.78 is 16.4. The number of methoxy groups -OCH3 is 1. The van der Waals surface area contributed by atoms with Crippen LogP contribution in [0, 0.1) is 18.8 Å². The molecule has 1 N–H and O–H groups in total. The van der Waals surface area contributed by atoms with Gasteiger partial charge in [0.2, 0.25) is 11.8 Å². The second-order valence-electron chi connectivity index (χ2n) is 8.01. The van der Waals surface area contributed by atoms with E-state index < -0.39 is 17.4 Å². The summed E-state index contributed by atoms with van der Waals surface area (Å²) in [6.45, 7) is 2.60. The number of amides is 2. The fourth-order valence-electron chi connectivity index (χ4n) is 4.71. The van der Waals surface area contributed by atoms with Gasteiger partial charge in [0.25, 0.3) is 0 Å². The fourth-order valence-corrected chi connectivity index (χ4v) is 4.71. The number of benzene rings is 1. The van der Waals surface area contributed by atoms with Crippen LogP contribution in [0.25, 0.3) is 0 Å². The molecule has 5 rings (SSSR count). The second kappa shape index (κ2) is 6.98. The minimum absolute atomic E-state index is 0.148. The number of rotatable bonds is 6. The molecule has 2 amide bonds. The molecular formula is C22H23N3O5. The lowest BCUT2D eigenvalue weighted by atomic mass is 9.77. The summed E-state index contributed by atoms with van der Waals surface area (Å²) in [5.74, 6) is 0.482. The predicted octanol–water partition coefficient (Wildman–Crippen LogP) is 1.64. The molecule has 0 unspecified atom stereocenters. The van der Waals surface area contributed by atoms with Crippen LogP contribution < -0.4 is 15.0 Å². The highest BCUT2D eigenvalue weighted by Gasteiger charge is 2.67. The monoisotopic (exact) mass is 409 g/mol. The van der Waals surface area contributed by atoms with E-state index >= 15 is 0 Å². The molecule has 4 heterocycles. The Labute approximate surface area is 173 Å². The van der Waals surface area contributed by atoms with Crippen molar-refractivity contribution in [2.24, 2.45) is 11.8 Å². The average Bonchev–Trinajstić information content (AvgIpc) is 3.49. The van der Waals surface area contributed by atoms with Gasteiger partial charge in [0, 0.05) is 12.6 Å². The van der Waals surface area contributed by atoms with Gasteiger partial charge in [-0.05, 0) is 31.0 Å². The van der Waals surface area contributed by atoms with Crippen molar-refractivity contribution in [3.63, 3.8) is 0 Å². The number of aromatic nitrogens is 1. The van der Waals surface area contributed by atoms with E-state index in [9.17, 15) is 9.59 Å². The van der Waals surface area contributed by atoms with Crippen LogP contribution in [0.3, 0.4) is 0 Å². The van der Waals surface area contributed by atoms with Crippen molar-refractivity contribution in [3.8, 4) is 5.75 Å². The van der Waals surface area contributed by atoms with Gasteiger partial charge >= 0.3 is 0 Å². The number of fused-ring (bicyclic) bond motifs is 1. The Morgan fingerprint density at radius 1 is 1.37 bits per heavy atom. The number of anilines is 1. The molecule has 2 fully saturated rings.